The Labute approximate surface area is 131 Å². The Balaban J connectivity index is 2.17. The molecule has 0 aliphatic heterocycles. The van der Waals surface area contributed by atoms with Crippen LogP contribution in [-0.4, -0.2) is 29.2 Å². The molecule has 0 aliphatic rings. The third kappa shape index (κ3) is 3.72. The van der Waals surface area contributed by atoms with Gasteiger partial charge >= 0.3 is 0 Å². The minimum atomic E-state index is -1.08. The zero-order chi connectivity index (χ0) is 16.2. The van der Waals surface area contributed by atoms with E-state index in [1.807, 2.05) is 16.8 Å². The Morgan fingerprint density at radius 3 is 2.86 bits per heavy atom. The minimum absolute atomic E-state index is 0.324. The first-order valence-corrected chi connectivity index (χ1v) is 10.8. The smallest absolute Gasteiger partial charge is 0.227 e. The average molecular weight is 315 g/mol. The number of nitrogens with two attached hydrogens (primary N) is 1. The lowest BCUT2D eigenvalue weighted by molar-refractivity contribution is 0.0899. The van der Waals surface area contributed by atoms with Gasteiger partial charge in [-0.25, -0.2) is 14.8 Å². The van der Waals surface area contributed by atoms with Crippen molar-refractivity contribution in [3.63, 3.8) is 0 Å². The molecule has 22 heavy (non-hydrogen) atoms. The van der Waals surface area contributed by atoms with Crippen molar-refractivity contribution in [2.75, 3.05) is 6.61 Å². The van der Waals surface area contributed by atoms with E-state index in [1.165, 1.54) is 12.5 Å². The second kappa shape index (κ2) is 6.73. The number of nitrogens with zero attached hydrogens (tertiary/aromatic N) is 4. The van der Waals surface area contributed by atoms with Gasteiger partial charge in [-0.2, -0.15) is 0 Å². The van der Waals surface area contributed by atoms with Crippen molar-refractivity contribution in [3.8, 4) is 0 Å². The number of hydrogen-bond acceptors (Lipinski definition) is 4. The van der Waals surface area contributed by atoms with Crippen LogP contribution in [0, 0.1) is 6.57 Å². The van der Waals surface area contributed by atoms with Gasteiger partial charge in [-0.3, -0.25) is 0 Å². The van der Waals surface area contributed by atoms with Gasteiger partial charge in [0.05, 0.1) is 12.3 Å². The van der Waals surface area contributed by atoms with E-state index in [-0.39, 0.29) is 0 Å². The van der Waals surface area contributed by atoms with Gasteiger partial charge in [0.1, 0.15) is 18.7 Å². The Morgan fingerprint density at radius 1 is 1.45 bits per heavy atom. The SMILES string of the molecule is [C-]#[N+]C(=CN)c1ncnc2c1ccn2COCC[Si](C)(C)C. The monoisotopic (exact) mass is 315 g/mol. The van der Waals surface area contributed by atoms with Crippen molar-refractivity contribution in [2.24, 2.45) is 5.73 Å². The number of aromatic nitrogens is 3. The normalized spacial score (nSPS) is 12.5. The van der Waals surface area contributed by atoms with Gasteiger partial charge in [-0.15, -0.1) is 0 Å². The Morgan fingerprint density at radius 2 is 2.23 bits per heavy atom. The van der Waals surface area contributed by atoms with Gasteiger partial charge in [-0.1, -0.05) is 19.6 Å². The largest absolute Gasteiger partial charge is 0.413 e. The lowest BCUT2D eigenvalue weighted by Crippen LogP contribution is -2.22. The van der Waals surface area contributed by atoms with Gasteiger partial charge in [-0.05, 0) is 12.1 Å². The molecule has 0 atom stereocenters. The van der Waals surface area contributed by atoms with E-state index in [4.69, 9.17) is 17.0 Å². The molecular formula is C15H21N5OSi. The fraction of sp³-hybridized carbons (Fsp3) is 0.400. The molecule has 0 radical (unpaired) electrons. The molecule has 116 valence electrons. The summed E-state index contributed by atoms with van der Waals surface area (Å²) in [7, 11) is -1.08. The molecule has 2 N–H and O–H groups in total. The lowest BCUT2D eigenvalue weighted by atomic mass is 10.2. The van der Waals surface area contributed by atoms with Crippen LogP contribution in [0.5, 0.6) is 0 Å². The number of rotatable bonds is 6. The summed E-state index contributed by atoms with van der Waals surface area (Å²) in [6, 6.07) is 3.02. The molecule has 0 saturated carbocycles. The number of hydrogen-bond donors (Lipinski definition) is 1. The first-order chi connectivity index (χ1) is 10.5. The van der Waals surface area contributed by atoms with E-state index in [2.05, 4.69) is 34.5 Å². The first kappa shape index (κ1) is 16.2. The maximum absolute atomic E-state index is 7.16. The van der Waals surface area contributed by atoms with E-state index in [9.17, 15) is 0 Å². The van der Waals surface area contributed by atoms with Crippen molar-refractivity contribution < 1.29 is 4.74 Å². The quantitative estimate of drug-likeness (QED) is 0.505. The van der Waals surface area contributed by atoms with E-state index in [0.717, 1.165) is 23.7 Å². The fourth-order valence-corrected chi connectivity index (χ4v) is 2.78. The third-order valence-electron chi connectivity index (χ3n) is 3.30. The van der Waals surface area contributed by atoms with Crippen LogP contribution in [0.15, 0.2) is 24.8 Å². The standard InChI is InChI=1S/C15H21N5OSi/c1-17-13(9-16)14-12-5-6-20(15(12)19-10-18-14)11-21-7-8-22(2,3)4/h5-6,9-10H,7-8,11,16H2,2-4H3. The van der Waals surface area contributed by atoms with Gasteiger partial charge in [0.25, 0.3) is 0 Å². The van der Waals surface area contributed by atoms with Crippen molar-refractivity contribution >= 4 is 24.8 Å². The topological polar surface area (TPSA) is 70.3 Å². The van der Waals surface area contributed by atoms with Gasteiger partial charge < -0.3 is 15.0 Å². The summed E-state index contributed by atoms with van der Waals surface area (Å²) in [4.78, 5) is 11.9. The van der Waals surface area contributed by atoms with Crippen molar-refractivity contribution in [2.45, 2.75) is 32.4 Å². The van der Waals surface area contributed by atoms with Crippen LogP contribution in [0.1, 0.15) is 5.69 Å². The molecule has 0 aromatic carbocycles. The molecule has 0 fully saturated rings. The van der Waals surface area contributed by atoms with Crippen LogP contribution >= 0.6 is 0 Å². The van der Waals surface area contributed by atoms with Crippen molar-refractivity contribution in [1.82, 2.24) is 14.5 Å². The number of ether oxygens (including phenoxy) is 1. The summed E-state index contributed by atoms with van der Waals surface area (Å²) in [6.07, 6.45) is 4.62. The molecule has 0 bridgehead atoms. The maximum Gasteiger partial charge on any atom is 0.227 e. The van der Waals surface area contributed by atoms with E-state index >= 15 is 0 Å². The second-order valence-electron chi connectivity index (χ2n) is 6.26. The van der Waals surface area contributed by atoms with E-state index in [0.29, 0.717) is 18.1 Å². The van der Waals surface area contributed by atoms with Crippen LogP contribution in [0.4, 0.5) is 0 Å². The minimum Gasteiger partial charge on any atom is -0.413 e. The molecule has 0 spiro atoms. The highest BCUT2D eigenvalue weighted by Crippen LogP contribution is 2.23. The fourth-order valence-electron chi connectivity index (χ4n) is 2.02. The highest BCUT2D eigenvalue weighted by molar-refractivity contribution is 6.76. The Hall–Kier alpha value is -2.17. The van der Waals surface area contributed by atoms with Gasteiger partial charge in [0, 0.05) is 32.5 Å². The van der Waals surface area contributed by atoms with Gasteiger partial charge in [0.15, 0.2) is 0 Å². The van der Waals surface area contributed by atoms with Crippen LogP contribution in [0.2, 0.25) is 25.7 Å². The zero-order valence-corrected chi connectivity index (χ0v) is 14.2. The van der Waals surface area contributed by atoms with Gasteiger partial charge in [0.2, 0.25) is 5.70 Å². The summed E-state index contributed by atoms with van der Waals surface area (Å²) in [5.41, 5.74) is 7.12. The summed E-state index contributed by atoms with van der Waals surface area (Å²) in [5.74, 6) is 0. The van der Waals surface area contributed by atoms with Crippen LogP contribution < -0.4 is 5.73 Å². The molecule has 0 saturated heterocycles. The zero-order valence-electron chi connectivity index (χ0n) is 13.2. The molecule has 2 rings (SSSR count). The van der Waals surface area contributed by atoms with Crippen molar-refractivity contribution in [1.29, 1.82) is 0 Å². The highest BCUT2D eigenvalue weighted by Gasteiger charge is 2.14. The maximum atomic E-state index is 7.16. The molecule has 2 aromatic heterocycles. The molecule has 6 nitrogen and oxygen atoms in total. The number of fused-ring (bicyclic) bond motifs is 1. The van der Waals surface area contributed by atoms with Crippen LogP contribution in [0.25, 0.3) is 21.6 Å². The van der Waals surface area contributed by atoms with Crippen molar-refractivity contribution in [3.05, 3.63) is 41.9 Å². The molecule has 0 amide bonds. The molecular weight excluding hydrogens is 294 g/mol. The third-order valence-corrected chi connectivity index (χ3v) is 5.01. The molecule has 7 heteroatoms. The molecule has 2 heterocycles. The van der Waals surface area contributed by atoms with E-state index in [1.54, 1.807) is 0 Å². The predicted octanol–water partition coefficient (Wildman–Crippen LogP) is 2.92. The van der Waals surface area contributed by atoms with E-state index < -0.39 is 8.07 Å². The Kier molecular flexibility index (Phi) is 4.95. The summed E-state index contributed by atoms with van der Waals surface area (Å²) < 4.78 is 7.67. The summed E-state index contributed by atoms with van der Waals surface area (Å²) in [6.45, 7) is 15.3. The molecule has 2 aromatic rings. The lowest BCUT2D eigenvalue weighted by Gasteiger charge is -2.15. The summed E-state index contributed by atoms with van der Waals surface area (Å²) in [5, 5.41) is 0.809. The summed E-state index contributed by atoms with van der Waals surface area (Å²) >= 11 is 0. The highest BCUT2D eigenvalue weighted by atomic mass is 28.3. The first-order valence-electron chi connectivity index (χ1n) is 7.13. The predicted molar refractivity (Wildman–Crippen MR) is 90.4 cm³/mol. The van der Waals surface area contributed by atoms with Crippen LogP contribution in [0.3, 0.4) is 0 Å². The average Bonchev–Trinajstić information content (AvgIpc) is 2.88. The molecule has 0 unspecified atom stereocenters. The second-order valence-corrected chi connectivity index (χ2v) is 11.9. The molecule has 0 aliphatic carbocycles. The van der Waals surface area contributed by atoms with Crippen LogP contribution in [-0.2, 0) is 11.5 Å². The Bertz CT molecular complexity index is 724.